The monoisotopic (exact) mass is 299 g/mol. The highest BCUT2D eigenvalue weighted by molar-refractivity contribution is 5.91. The fourth-order valence-corrected chi connectivity index (χ4v) is 2.70. The molecule has 6 heteroatoms. The first-order chi connectivity index (χ1) is 10.8. The van der Waals surface area contributed by atoms with Crippen LogP contribution in [0.5, 0.6) is 0 Å². The lowest BCUT2D eigenvalue weighted by Gasteiger charge is -2.22. The van der Waals surface area contributed by atoms with E-state index in [1.807, 2.05) is 30.3 Å². The summed E-state index contributed by atoms with van der Waals surface area (Å²) in [7, 11) is 0. The first kappa shape index (κ1) is 14.7. The number of aromatic nitrogens is 3. The number of piperidine rings is 1. The summed E-state index contributed by atoms with van der Waals surface area (Å²) >= 11 is 0. The van der Waals surface area contributed by atoms with E-state index in [4.69, 9.17) is 0 Å². The van der Waals surface area contributed by atoms with E-state index in [0.717, 1.165) is 25.2 Å². The van der Waals surface area contributed by atoms with Gasteiger partial charge in [-0.1, -0.05) is 18.2 Å². The number of amides is 1. The van der Waals surface area contributed by atoms with Gasteiger partial charge in [0.05, 0.1) is 11.9 Å². The summed E-state index contributed by atoms with van der Waals surface area (Å²) in [5.41, 5.74) is 1.19. The zero-order chi connectivity index (χ0) is 15.2. The maximum atomic E-state index is 12.1. The van der Waals surface area contributed by atoms with Crippen LogP contribution in [0.15, 0.2) is 36.5 Å². The van der Waals surface area contributed by atoms with Crippen molar-refractivity contribution in [2.45, 2.75) is 19.3 Å². The van der Waals surface area contributed by atoms with Gasteiger partial charge in [-0.2, -0.15) is 9.90 Å². The van der Waals surface area contributed by atoms with Crippen molar-refractivity contribution in [2.75, 3.05) is 19.6 Å². The van der Waals surface area contributed by atoms with Crippen LogP contribution >= 0.6 is 0 Å². The quantitative estimate of drug-likeness (QED) is 0.875. The molecule has 1 amide bonds. The third kappa shape index (κ3) is 3.71. The van der Waals surface area contributed by atoms with Crippen molar-refractivity contribution in [3.8, 4) is 5.69 Å². The molecule has 0 spiro atoms. The predicted molar refractivity (Wildman–Crippen MR) is 83.9 cm³/mol. The van der Waals surface area contributed by atoms with Gasteiger partial charge in [-0.3, -0.25) is 4.79 Å². The number of hydrogen-bond acceptors (Lipinski definition) is 4. The van der Waals surface area contributed by atoms with Crippen LogP contribution in [0.4, 0.5) is 0 Å². The minimum atomic E-state index is -0.161. The Morgan fingerprint density at radius 3 is 3.00 bits per heavy atom. The third-order valence-corrected chi connectivity index (χ3v) is 3.95. The minimum Gasteiger partial charge on any atom is -0.351 e. The number of hydrogen-bond donors (Lipinski definition) is 2. The van der Waals surface area contributed by atoms with E-state index >= 15 is 0 Å². The molecule has 22 heavy (non-hydrogen) atoms. The van der Waals surface area contributed by atoms with Gasteiger partial charge in [0.2, 0.25) is 0 Å². The van der Waals surface area contributed by atoms with E-state index in [1.54, 1.807) is 0 Å². The molecule has 3 rings (SSSR count). The van der Waals surface area contributed by atoms with Crippen molar-refractivity contribution >= 4 is 5.91 Å². The van der Waals surface area contributed by atoms with Crippen LogP contribution in [0.2, 0.25) is 0 Å². The Bertz CT molecular complexity index is 604. The van der Waals surface area contributed by atoms with Crippen LogP contribution in [-0.2, 0) is 0 Å². The molecule has 1 fully saturated rings. The van der Waals surface area contributed by atoms with Crippen molar-refractivity contribution < 1.29 is 4.79 Å². The third-order valence-electron chi connectivity index (χ3n) is 3.95. The molecular formula is C16H21N5O. The molecule has 1 aliphatic rings. The highest BCUT2D eigenvalue weighted by Gasteiger charge is 2.14. The zero-order valence-electron chi connectivity index (χ0n) is 12.5. The lowest BCUT2D eigenvalue weighted by Crippen LogP contribution is -2.33. The fourth-order valence-electron chi connectivity index (χ4n) is 2.70. The maximum absolute atomic E-state index is 12.1. The van der Waals surface area contributed by atoms with E-state index in [2.05, 4.69) is 20.8 Å². The summed E-state index contributed by atoms with van der Waals surface area (Å²) in [5, 5.41) is 14.7. The molecule has 1 atom stereocenters. The Labute approximate surface area is 129 Å². The maximum Gasteiger partial charge on any atom is 0.273 e. The van der Waals surface area contributed by atoms with Crippen LogP contribution in [0.3, 0.4) is 0 Å². The molecule has 1 aromatic carbocycles. The summed E-state index contributed by atoms with van der Waals surface area (Å²) in [4.78, 5) is 13.6. The first-order valence-corrected chi connectivity index (χ1v) is 7.79. The second kappa shape index (κ2) is 7.17. The summed E-state index contributed by atoms with van der Waals surface area (Å²) < 4.78 is 0. The molecule has 1 unspecified atom stereocenters. The summed E-state index contributed by atoms with van der Waals surface area (Å²) in [5.74, 6) is 0.500. The smallest absolute Gasteiger partial charge is 0.273 e. The van der Waals surface area contributed by atoms with Gasteiger partial charge < -0.3 is 10.6 Å². The number of nitrogens with one attached hydrogen (secondary N) is 2. The van der Waals surface area contributed by atoms with Crippen molar-refractivity contribution in [2.24, 2.45) is 5.92 Å². The lowest BCUT2D eigenvalue weighted by molar-refractivity contribution is 0.0945. The van der Waals surface area contributed by atoms with Gasteiger partial charge in [0.1, 0.15) is 0 Å². The standard InChI is InChI=1S/C16H21N5O/c22-16(18-10-8-13-5-4-9-17-11-13)15-12-19-21(20-15)14-6-2-1-3-7-14/h1-3,6-7,12-13,17H,4-5,8-11H2,(H,18,22). The molecule has 0 saturated carbocycles. The van der Waals surface area contributed by atoms with E-state index in [9.17, 15) is 4.79 Å². The Morgan fingerprint density at radius 1 is 1.36 bits per heavy atom. The van der Waals surface area contributed by atoms with Gasteiger partial charge in [0.15, 0.2) is 5.69 Å². The van der Waals surface area contributed by atoms with Gasteiger partial charge in [-0.15, -0.1) is 5.10 Å². The molecule has 1 aromatic heterocycles. The topological polar surface area (TPSA) is 71.8 Å². The predicted octanol–water partition coefficient (Wildman–Crippen LogP) is 1.39. The molecular weight excluding hydrogens is 278 g/mol. The van der Waals surface area contributed by atoms with E-state index < -0.39 is 0 Å². The molecule has 0 aliphatic carbocycles. The Morgan fingerprint density at radius 2 is 2.23 bits per heavy atom. The Hall–Kier alpha value is -2.21. The van der Waals surface area contributed by atoms with Crippen LogP contribution in [0, 0.1) is 5.92 Å². The molecule has 0 bridgehead atoms. The van der Waals surface area contributed by atoms with E-state index in [1.165, 1.54) is 23.8 Å². The van der Waals surface area contributed by atoms with Crippen LogP contribution in [0.25, 0.3) is 5.69 Å². The number of para-hydroxylation sites is 1. The van der Waals surface area contributed by atoms with Gasteiger partial charge in [0, 0.05) is 6.54 Å². The summed E-state index contributed by atoms with van der Waals surface area (Å²) in [6, 6.07) is 9.56. The normalized spacial score (nSPS) is 18.1. The number of benzene rings is 1. The SMILES string of the molecule is O=C(NCCC1CCCNC1)c1cnn(-c2ccccc2)n1. The number of rotatable bonds is 5. The molecule has 116 valence electrons. The number of nitrogens with zero attached hydrogens (tertiary/aromatic N) is 3. The number of carbonyl (C=O) groups excluding carboxylic acids is 1. The molecule has 1 aliphatic heterocycles. The minimum absolute atomic E-state index is 0.161. The average Bonchev–Trinajstić information content (AvgIpc) is 3.07. The largest absolute Gasteiger partial charge is 0.351 e. The van der Waals surface area contributed by atoms with Gasteiger partial charge in [0.25, 0.3) is 5.91 Å². The van der Waals surface area contributed by atoms with Gasteiger partial charge >= 0.3 is 0 Å². The first-order valence-electron chi connectivity index (χ1n) is 7.79. The summed E-state index contributed by atoms with van der Waals surface area (Å²) in [6.45, 7) is 2.86. The van der Waals surface area contributed by atoms with E-state index in [0.29, 0.717) is 18.2 Å². The van der Waals surface area contributed by atoms with E-state index in [-0.39, 0.29) is 5.91 Å². The molecule has 2 heterocycles. The summed E-state index contributed by atoms with van der Waals surface area (Å²) in [6.07, 6.45) is 4.98. The second-order valence-corrected chi connectivity index (χ2v) is 5.61. The molecule has 2 N–H and O–H groups in total. The fraction of sp³-hybridized carbons (Fsp3) is 0.438. The lowest BCUT2D eigenvalue weighted by atomic mass is 9.96. The molecule has 6 nitrogen and oxygen atoms in total. The van der Waals surface area contributed by atoms with Crippen molar-refractivity contribution in [1.29, 1.82) is 0 Å². The van der Waals surface area contributed by atoms with Crippen molar-refractivity contribution in [3.63, 3.8) is 0 Å². The van der Waals surface area contributed by atoms with Crippen LogP contribution in [0.1, 0.15) is 29.8 Å². The Kier molecular flexibility index (Phi) is 4.80. The highest BCUT2D eigenvalue weighted by Crippen LogP contribution is 2.13. The molecule has 1 saturated heterocycles. The van der Waals surface area contributed by atoms with Crippen LogP contribution in [-0.4, -0.2) is 40.5 Å². The van der Waals surface area contributed by atoms with Crippen molar-refractivity contribution in [3.05, 3.63) is 42.2 Å². The zero-order valence-corrected chi connectivity index (χ0v) is 12.5. The number of carbonyl (C=O) groups is 1. The second-order valence-electron chi connectivity index (χ2n) is 5.61. The highest BCUT2D eigenvalue weighted by atomic mass is 16.2. The van der Waals surface area contributed by atoms with Crippen molar-refractivity contribution in [1.82, 2.24) is 25.6 Å². The molecule has 0 radical (unpaired) electrons. The average molecular weight is 299 g/mol. The molecule has 2 aromatic rings. The Balaban J connectivity index is 1.51. The van der Waals surface area contributed by atoms with Gasteiger partial charge in [-0.25, -0.2) is 0 Å². The van der Waals surface area contributed by atoms with Crippen LogP contribution < -0.4 is 10.6 Å². The van der Waals surface area contributed by atoms with Gasteiger partial charge in [-0.05, 0) is 50.4 Å².